The maximum atomic E-state index is 13.0. The van der Waals surface area contributed by atoms with Crippen LogP contribution in [0, 0.1) is 0 Å². The topological polar surface area (TPSA) is 50.1 Å². The first-order valence-electron chi connectivity index (χ1n) is 9.56. The Balaban J connectivity index is 1.35. The Hall–Kier alpha value is -2.38. The van der Waals surface area contributed by atoms with E-state index in [-0.39, 0.29) is 5.91 Å². The predicted octanol–water partition coefficient (Wildman–Crippen LogP) is 3.13. The minimum atomic E-state index is -0.0114. The number of fused-ring (bicyclic) bond motifs is 2. The quantitative estimate of drug-likeness (QED) is 0.614. The lowest BCUT2D eigenvalue weighted by Crippen LogP contribution is -2.37. The third kappa shape index (κ3) is 3.29. The van der Waals surface area contributed by atoms with E-state index in [9.17, 15) is 4.79 Å². The van der Waals surface area contributed by atoms with Crippen LogP contribution in [0.2, 0.25) is 0 Å². The number of carbonyl (C=O) groups is 1. The monoisotopic (exact) mass is 440 g/mol. The summed E-state index contributed by atoms with van der Waals surface area (Å²) in [5, 5.41) is 4.46. The Morgan fingerprint density at radius 2 is 1.89 bits per heavy atom. The van der Waals surface area contributed by atoms with E-state index in [4.69, 9.17) is 4.74 Å². The summed E-state index contributed by atoms with van der Waals surface area (Å²) in [5.74, 6) is -0.0114. The molecule has 0 radical (unpaired) electrons. The van der Waals surface area contributed by atoms with Crippen LogP contribution in [0.15, 0.2) is 47.1 Å². The fourth-order valence-electron chi connectivity index (χ4n) is 3.96. The molecule has 144 valence electrons. The fourth-order valence-corrected chi connectivity index (χ4v) is 4.29. The molecule has 2 aromatic heterocycles. The second kappa shape index (κ2) is 7.22. The molecule has 0 N–H and O–H groups in total. The SMILES string of the molecule is O=C(c1cc2ccc(Br)cn2n1)N1CCc2cc(N3CCOCC3)ccc2C1. The number of aromatic nitrogens is 2. The molecule has 2 aliphatic heterocycles. The Bertz CT molecular complexity index is 1040. The number of anilines is 1. The number of pyridine rings is 1. The van der Waals surface area contributed by atoms with Crippen LogP contribution in [-0.4, -0.2) is 53.3 Å². The van der Waals surface area contributed by atoms with Crippen LogP contribution < -0.4 is 4.90 Å². The molecular formula is C21H21BrN4O2. The van der Waals surface area contributed by atoms with Crippen molar-refractivity contribution in [1.82, 2.24) is 14.5 Å². The van der Waals surface area contributed by atoms with Crippen molar-refractivity contribution in [3.63, 3.8) is 0 Å². The summed E-state index contributed by atoms with van der Waals surface area (Å²) in [6, 6.07) is 12.4. The minimum absolute atomic E-state index is 0.0114. The molecule has 4 heterocycles. The highest BCUT2D eigenvalue weighted by molar-refractivity contribution is 9.10. The molecule has 1 fully saturated rings. The minimum Gasteiger partial charge on any atom is -0.378 e. The van der Waals surface area contributed by atoms with Crippen molar-refractivity contribution in [2.75, 3.05) is 37.7 Å². The van der Waals surface area contributed by atoms with E-state index in [1.807, 2.05) is 29.3 Å². The molecule has 1 saturated heterocycles. The molecule has 28 heavy (non-hydrogen) atoms. The fraction of sp³-hybridized carbons (Fsp3) is 0.333. The number of hydrogen-bond acceptors (Lipinski definition) is 4. The summed E-state index contributed by atoms with van der Waals surface area (Å²) in [4.78, 5) is 17.3. The lowest BCUT2D eigenvalue weighted by Gasteiger charge is -2.32. The predicted molar refractivity (Wildman–Crippen MR) is 111 cm³/mol. The van der Waals surface area contributed by atoms with E-state index in [1.165, 1.54) is 16.8 Å². The van der Waals surface area contributed by atoms with Crippen LogP contribution in [0.25, 0.3) is 5.52 Å². The highest BCUT2D eigenvalue weighted by atomic mass is 79.9. The number of rotatable bonds is 2. The number of carbonyl (C=O) groups excluding carboxylic acids is 1. The summed E-state index contributed by atoms with van der Waals surface area (Å²) in [5.41, 5.74) is 5.23. The summed E-state index contributed by atoms with van der Waals surface area (Å²) >= 11 is 3.44. The number of morpholine rings is 1. The second-order valence-corrected chi connectivity index (χ2v) is 8.19. The molecule has 0 atom stereocenters. The number of halogens is 1. The van der Waals surface area contributed by atoms with Gasteiger partial charge in [-0.2, -0.15) is 5.10 Å². The Morgan fingerprint density at radius 3 is 2.75 bits per heavy atom. The van der Waals surface area contributed by atoms with E-state index in [1.54, 1.807) is 4.52 Å². The van der Waals surface area contributed by atoms with Crippen LogP contribution >= 0.6 is 15.9 Å². The molecule has 5 rings (SSSR count). The number of amides is 1. The molecule has 0 saturated carbocycles. The van der Waals surface area contributed by atoms with Gasteiger partial charge in [0.1, 0.15) is 0 Å². The van der Waals surface area contributed by atoms with Crippen LogP contribution in [0.4, 0.5) is 5.69 Å². The number of ether oxygens (including phenoxy) is 1. The van der Waals surface area contributed by atoms with Crippen molar-refractivity contribution in [1.29, 1.82) is 0 Å². The average Bonchev–Trinajstić information content (AvgIpc) is 3.16. The zero-order valence-corrected chi connectivity index (χ0v) is 17.1. The molecule has 0 aliphatic carbocycles. The highest BCUT2D eigenvalue weighted by Gasteiger charge is 2.24. The normalized spacial score (nSPS) is 17.0. The van der Waals surface area contributed by atoms with E-state index in [0.717, 1.165) is 49.3 Å². The van der Waals surface area contributed by atoms with E-state index >= 15 is 0 Å². The molecule has 1 aromatic carbocycles. The molecule has 0 bridgehead atoms. The summed E-state index contributed by atoms with van der Waals surface area (Å²) in [6.45, 7) is 4.80. The molecular weight excluding hydrogens is 420 g/mol. The maximum absolute atomic E-state index is 13.0. The zero-order valence-electron chi connectivity index (χ0n) is 15.5. The summed E-state index contributed by atoms with van der Waals surface area (Å²) in [6.07, 6.45) is 2.74. The average molecular weight is 441 g/mol. The van der Waals surface area contributed by atoms with Crippen molar-refractivity contribution >= 4 is 33.0 Å². The van der Waals surface area contributed by atoms with Gasteiger partial charge in [-0.25, -0.2) is 4.52 Å². The molecule has 1 amide bonds. The first-order chi connectivity index (χ1) is 13.7. The smallest absolute Gasteiger partial charge is 0.274 e. The first-order valence-corrected chi connectivity index (χ1v) is 10.4. The van der Waals surface area contributed by atoms with Crippen molar-refractivity contribution in [2.24, 2.45) is 0 Å². The van der Waals surface area contributed by atoms with Gasteiger partial charge in [-0.1, -0.05) is 6.07 Å². The van der Waals surface area contributed by atoms with Crippen molar-refractivity contribution in [2.45, 2.75) is 13.0 Å². The van der Waals surface area contributed by atoms with Gasteiger partial charge in [-0.05, 0) is 63.8 Å². The van der Waals surface area contributed by atoms with Crippen molar-refractivity contribution in [3.05, 3.63) is 63.9 Å². The molecule has 7 heteroatoms. The Kier molecular flexibility index (Phi) is 4.56. The maximum Gasteiger partial charge on any atom is 0.274 e. The van der Waals surface area contributed by atoms with Crippen LogP contribution in [0.5, 0.6) is 0 Å². The van der Waals surface area contributed by atoms with Gasteiger partial charge >= 0.3 is 0 Å². The van der Waals surface area contributed by atoms with Crippen LogP contribution in [0.3, 0.4) is 0 Å². The summed E-state index contributed by atoms with van der Waals surface area (Å²) in [7, 11) is 0. The van der Waals surface area contributed by atoms with Crippen molar-refractivity contribution in [3.8, 4) is 0 Å². The van der Waals surface area contributed by atoms with Crippen LogP contribution in [-0.2, 0) is 17.7 Å². The van der Waals surface area contributed by atoms with Gasteiger partial charge in [-0.15, -0.1) is 0 Å². The van der Waals surface area contributed by atoms with Gasteiger partial charge in [0.05, 0.1) is 18.7 Å². The third-order valence-electron chi connectivity index (χ3n) is 5.51. The lowest BCUT2D eigenvalue weighted by molar-refractivity contribution is 0.0728. The van der Waals surface area contributed by atoms with Gasteiger partial charge in [0, 0.05) is 42.5 Å². The Labute approximate surface area is 171 Å². The first kappa shape index (κ1) is 17.7. The van der Waals surface area contributed by atoms with Gasteiger partial charge in [0.25, 0.3) is 5.91 Å². The second-order valence-electron chi connectivity index (χ2n) is 7.28. The van der Waals surface area contributed by atoms with Gasteiger partial charge < -0.3 is 14.5 Å². The third-order valence-corrected chi connectivity index (χ3v) is 5.98. The standard InChI is InChI=1S/C21H21BrN4O2/c22-17-2-4-19-12-20(23-26(19)14-17)21(27)25-6-5-15-11-18(3-1-16(15)13-25)24-7-9-28-10-8-24/h1-4,11-12,14H,5-10,13H2. The molecule has 6 nitrogen and oxygen atoms in total. The molecule has 3 aromatic rings. The van der Waals surface area contributed by atoms with E-state index < -0.39 is 0 Å². The van der Waals surface area contributed by atoms with Crippen molar-refractivity contribution < 1.29 is 9.53 Å². The largest absolute Gasteiger partial charge is 0.378 e. The highest BCUT2D eigenvalue weighted by Crippen LogP contribution is 2.26. The van der Waals surface area contributed by atoms with Gasteiger partial charge in [0.15, 0.2) is 5.69 Å². The molecule has 0 spiro atoms. The molecule has 0 unspecified atom stereocenters. The van der Waals surface area contributed by atoms with E-state index in [2.05, 4.69) is 44.1 Å². The van der Waals surface area contributed by atoms with Crippen LogP contribution in [0.1, 0.15) is 21.6 Å². The Morgan fingerprint density at radius 1 is 1.04 bits per heavy atom. The lowest BCUT2D eigenvalue weighted by atomic mass is 9.98. The number of benzene rings is 1. The number of nitrogens with zero attached hydrogens (tertiary/aromatic N) is 4. The zero-order chi connectivity index (χ0) is 19.1. The summed E-state index contributed by atoms with van der Waals surface area (Å²) < 4.78 is 8.12. The van der Waals surface area contributed by atoms with E-state index in [0.29, 0.717) is 12.2 Å². The van der Waals surface area contributed by atoms with Gasteiger partial charge in [0.2, 0.25) is 0 Å². The number of hydrogen-bond donors (Lipinski definition) is 0. The van der Waals surface area contributed by atoms with Gasteiger partial charge in [-0.3, -0.25) is 4.79 Å². The molecule has 2 aliphatic rings.